The van der Waals surface area contributed by atoms with Crippen molar-refractivity contribution in [3.8, 4) is 0 Å². The molecule has 2 aliphatic rings. The molecule has 4 rings (SSSR count). The summed E-state index contributed by atoms with van der Waals surface area (Å²) in [5, 5.41) is 14.1. The average molecular weight is 318 g/mol. The van der Waals surface area contributed by atoms with Gasteiger partial charge < -0.3 is 20.2 Å². The monoisotopic (exact) mass is 317 g/mol. The SMILES string of the molecule is OC(Nc1ccccn1)N1c2nc(Cl)ccc2N2CC[C@H]1C2. The Labute approximate surface area is 133 Å². The highest BCUT2D eigenvalue weighted by atomic mass is 35.5. The molecule has 0 aromatic carbocycles. The van der Waals surface area contributed by atoms with Gasteiger partial charge in [0.1, 0.15) is 11.0 Å². The first-order valence-corrected chi connectivity index (χ1v) is 7.65. The van der Waals surface area contributed by atoms with Crippen molar-refractivity contribution in [2.75, 3.05) is 28.2 Å². The molecule has 7 heteroatoms. The lowest BCUT2D eigenvalue weighted by Crippen LogP contribution is -2.51. The fourth-order valence-electron chi connectivity index (χ4n) is 3.18. The lowest BCUT2D eigenvalue weighted by atomic mass is 10.2. The number of nitrogens with zero attached hydrogens (tertiary/aromatic N) is 4. The topological polar surface area (TPSA) is 64.5 Å². The highest BCUT2D eigenvalue weighted by Gasteiger charge is 2.39. The van der Waals surface area contributed by atoms with Crippen molar-refractivity contribution in [1.29, 1.82) is 0 Å². The Morgan fingerprint density at radius 2 is 2.23 bits per heavy atom. The molecule has 1 unspecified atom stereocenters. The molecule has 4 heterocycles. The summed E-state index contributed by atoms with van der Waals surface area (Å²) in [7, 11) is 0. The molecule has 0 saturated carbocycles. The van der Waals surface area contributed by atoms with Gasteiger partial charge in [0.05, 0.1) is 11.7 Å². The van der Waals surface area contributed by atoms with E-state index in [1.54, 1.807) is 12.3 Å². The van der Waals surface area contributed by atoms with Gasteiger partial charge in [0.25, 0.3) is 0 Å². The lowest BCUT2D eigenvalue weighted by molar-refractivity contribution is 0.184. The maximum atomic E-state index is 10.7. The molecule has 22 heavy (non-hydrogen) atoms. The molecule has 2 aromatic heterocycles. The van der Waals surface area contributed by atoms with Gasteiger partial charge in [0, 0.05) is 19.3 Å². The number of aromatic nitrogens is 2. The zero-order chi connectivity index (χ0) is 15.1. The van der Waals surface area contributed by atoms with E-state index in [1.165, 1.54) is 0 Å². The number of rotatable bonds is 3. The molecule has 2 aromatic rings. The van der Waals surface area contributed by atoms with Crippen LogP contribution in [0.3, 0.4) is 0 Å². The van der Waals surface area contributed by atoms with E-state index >= 15 is 0 Å². The summed E-state index contributed by atoms with van der Waals surface area (Å²) in [6.07, 6.45) is 1.77. The van der Waals surface area contributed by atoms with Crippen LogP contribution in [0.2, 0.25) is 5.15 Å². The molecule has 0 spiro atoms. The number of fused-ring (bicyclic) bond motifs is 4. The van der Waals surface area contributed by atoms with E-state index in [0.717, 1.165) is 31.0 Å². The van der Waals surface area contributed by atoms with Gasteiger partial charge in [-0.15, -0.1) is 0 Å². The maximum absolute atomic E-state index is 10.7. The lowest BCUT2D eigenvalue weighted by Gasteiger charge is -2.40. The van der Waals surface area contributed by atoms with Crippen LogP contribution in [0.1, 0.15) is 6.42 Å². The molecule has 0 aliphatic carbocycles. The van der Waals surface area contributed by atoms with Crippen molar-refractivity contribution >= 4 is 28.9 Å². The number of anilines is 3. The van der Waals surface area contributed by atoms with Gasteiger partial charge in [0.15, 0.2) is 5.82 Å². The molecule has 6 nitrogen and oxygen atoms in total. The number of pyridine rings is 2. The summed E-state index contributed by atoms with van der Waals surface area (Å²) in [4.78, 5) is 12.8. The zero-order valence-electron chi connectivity index (χ0n) is 11.9. The third kappa shape index (κ3) is 2.24. The van der Waals surface area contributed by atoms with Crippen LogP contribution in [0.25, 0.3) is 0 Å². The van der Waals surface area contributed by atoms with Crippen molar-refractivity contribution in [1.82, 2.24) is 9.97 Å². The van der Waals surface area contributed by atoms with E-state index in [1.807, 2.05) is 29.2 Å². The predicted molar refractivity (Wildman–Crippen MR) is 86.2 cm³/mol. The van der Waals surface area contributed by atoms with Crippen LogP contribution in [-0.4, -0.2) is 40.6 Å². The number of hydrogen-bond donors (Lipinski definition) is 2. The Hall–Kier alpha value is -2.05. The van der Waals surface area contributed by atoms with Crippen LogP contribution in [0, 0.1) is 0 Å². The summed E-state index contributed by atoms with van der Waals surface area (Å²) in [5.74, 6) is 1.34. The second-order valence-electron chi connectivity index (χ2n) is 5.51. The Balaban J connectivity index is 1.68. The van der Waals surface area contributed by atoms with Gasteiger partial charge in [-0.2, -0.15) is 0 Å². The molecule has 2 N–H and O–H groups in total. The minimum Gasteiger partial charge on any atom is -0.366 e. The van der Waals surface area contributed by atoms with E-state index in [2.05, 4.69) is 20.2 Å². The molecule has 0 radical (unpaired) electrons. The summed E-state index contributed by atoms with van der Waals surface area (Å²) < 4.78 is 0. The molecule has 114 valence electrons. The quantitative estimate of drug-likeness (QED) is 0.666. The fourth-order valence-corrected chi connectivity index (χ4v) is 3.32. The van der Waals surface area contributed by atoms with Crippen LogP contribution < -0.4 is 15.1 Å². The van der Waals surface area contributed by atoms with Gasteiger partial charge in [-0.05, 0) is 30.7 Å². The zero-order valence-corrected chi connectivity index (χ0v) is 12.6. The first-order chi connectivity index (χ1) is 10.7. The number of aliphatic hydroxyl groups is 1. The molecule has 0 amide bonds. The highest BCUT2D eigenvalue weighted by Crippen LogP contribution is 2.40. The van der Waals surface area contributed by atoms with Crippen LogP contribution in [0.15, 0.2) is 36.5 Å². The van der Waals surface area contributed by atoms with Crippen LogP contribution in [0.4, 0.5) is 17.3 Å². The Kier molecular flexibility index (Phi) is 3.28. The van der Waals surface area contributed by atoms with Crippen molar-refractivity contribution in [2.45, 2.75) is 18.8 Å². The van der Waals surface area contributed by atoms with Gasteiger partial charge in [-0.1, -0.05) is 17.7 Å². The Morgan fingerprint density at radius 3 is 3.05 bits per heavy atom. The minimum absolute atomic E-state index is 0.213. The highest BCUT2D eigenvalue weighted by molar-refractivity contribution is 6.29. The van der Waals surface area contributed by atoms with Crippen molar-refractivity contribution in [3.63, 3.8) is 0 Å². The van der Waals surface area contributed by atoms with Gasteiger partial charge >= 0.3 is 0 Å². The van der Waals surface area contributed by atoms with Crippen molar-refractivity contribution in [3.05, 3.63) is 41.7 Å². The molecular formula is C15H16ClN5O. The normalized spacial score (nSPS) is 20.7. The van der Waals surface area contributed by atoms with Gasteiger partial charge in [-0.25, -0.2) is 9.97 Å². The average Bonchev–Trinajstić information content (AvgIpc) is 2.93. The Morgan fingerprint density at radius 1 is 1.32 bits per heavy atom. The van der Waals surface area contributed by atoms with Gasteiger partial charge in [-0.3, -0.25) is 0 Å². The Bertz CT molecular complexity index is 683. The van der Waals surface area contributed by atoms with Crippen LogP contribution in [0.5, 0.6) is 0 Å². The summed E-state index contributed by atoms with van der Waals surface area (Å²) in [5.41, 5.74) is 1.01. The standard InChI is InChI=1S/C15H16ClN5O/c16-12-5-4-11-14(18-12)21(10-6-8-20(11)9-10)15(22)19-13-3-1-2-7-17-13/h1-5,7,10,15,22H,6,8-9H2,(H,17,19)/t10-,15?/m0/s1. The number of aliphatic hydroxyl groups excluding tert-OH is 1. The smallest absolute Gasteiger partial charge is 0.208 e. The summed E-state index contributed by atoms with van der Waals surface area (Å²) in [6, 6.07) is 9.50. The van der Waals surface area contributed by atoms with Crippen molar-refractivity contribution < 1.29 is 5.11 Å². The van der Waals surface area contributed by atoms with Crippen LogP contribution >= 0.6 is 11.6 Å². The van der Waals surface area contributed by atoms with E-state index in [0.29, 0.717) is 11.0 Å². The second kappa shape index (κ2) is 5.30. The number of nitrogens with one attached hydrogen (secondary N) is 1. The molecule has 1 saturated heterocycles. The first kappa shape index (κ1) is 13.6. The largest absolute Gasteiger partial charge is 0.366 e. The maximum Gasteiger partial charge on any atom is 0.208 e. The third-order valence-corrected chi connectivity index (χ3v) is 4.38. The fraction of sp³-hybridized carbons (Fsp3) is 0.333. The van der Waals surface area contributed by atoms with E-state index in [9.17, 15) is 5.11 Å². The number of hydrogen-bond acceptors (Lipinski definition) is 6. The van der Waals surface area contributed by atoms with Crippen molar-refractivity contribution in [2.24, 2.45) is 0 Å². The van der Waals surface area contributed by atoms with E-state index in [4.69, 9.17) is 11.6 Å². The number of halogens is 1. The van der Waals surface area contributed by atoms with Gasteiger partial charge in [0.2, 0.25) is 6.35 Å². The molecular weight excluding hydrogens is 302 g/mol. The second-order valence-corrected chi connectivity index (χ2v) is 5.89. The minimum atomic E-state index is -0.898. The molecule has 2 aliphatic heterocycles. The summed E-state index contributed by atoms with van der Waals surface area (Å²) in [6.45, 7) is 1.85. The van der Waals surface area contributed by atoms with E-state index < -0.39 is 6.35 Å². The summed E-state index contributed by atoms with van der Waals surface area (Å²) >= 11 is 6.05. The van der Waals surface area contributed by atoms with E-state index in [-0.39, 0.29) is 6.04 Å². The molecule has 2 atom stereocenters. The predicted octanol–water partition coefficient (Wildman–Crippen LogP) is 1.92. The van der Waals surface area contributed by atoms with Crippen LogP contribution in [-0.2, 0) is 0 Å². The molecule has 2 bridgehead atoms. The first-order valence-electron chi connectivity index (χ1n) is 7.28. The third-order valence-electron chi connectivity index (χ3n) is 4.17. The molecule has 1 fully saturated rings.